The number of hydrogen-bond donors (Lipinski definition) is 2. The maximum atomic E-state index is 13.2. The Hall–Kier alpha value is -3.46. The first-order valence-corrected chi connectivity index (χ1v) is 13.4. The summed E-state index contributed by atoms with van der Waals surface area (Å²) in [7, 11) is 0. The third kappa shape index (κ3) is 6.81. The van der Waals surface area contributed by atoms with Crippen molar-refractivity contribution >= 4 is 34.8 Å². The first-order valence-electron chi connectivity index (χ1n) is 13.0. The second kappa shape index (κ2) is 11.6. The number of Topliss-reactive ketones (excluding diaryl/α,β-unsaturated/α-hetero) is 1. The van der Waals surface area contributed by atoms with Crippen LogP contribution in [-0.2, 0) is 11.2 Å². The molecule has 0 radical (unpaired) electrons. The summed E-state index contributed by atoms with van der Waals surface area (Å²) in [5, 5.41) is 11.1. The third-order valence-electron chi connectivity index (χ3n) is 7.26. The Labute approximate surface area is 236 Å². The topological polar surface area (TPSA) is 91.6 Å². The van der Waals surface area contributed by atoms with Crippen molar-refractivity contribution in [3.05, 3.63) is 76.3 Å². The van der Waals surface area contributed by atoms with Crippen molar-refractivity contribution < 1.29 is 27.5 Å². The summed E-state index contributed by atoms with van der Waals surface area (Å²) in [4.78, 5) is 29.3. The molecule has 2 aromatic rings. The summed E-state index contributed by atoms with van der Waals surface area (Å²) in [6, 6.07) is 11.2. The lowest BCUT2D eigenvalue weighted by Crippen LogP contribution is -2.43. The number of alkyl halides is 3. The molecule has 2 aromatic carbocycles. The Balaban J connectivity index is 1.44. The lowest BCUT2D eigenvalue weighted by atomic mass is 9.83. The quantitative estimate of drug-likeness (QED) is 0.228. The van der Waals surface area contributed by atoms with Crippen molar-refractivity contribution in [1.82, 2.24) is 5.32 Å². The van der Waals surface area contributed by atoms with E-state index in [4.69, 9.17) is 21.7 Å². The van der Waals surface area contributed by atoms with Crippen LogP contribution < -0.4 is 10.1 Å². The van der Waals surface area contributed by atoms with Crippen LogP contribution in [0.4, 0.5) is 18.0 Å². The van der Waals surface area contributed by atoms with Crippen molar-refractivity contribution in [3.63, 3.8) is 0 Å². The fraction of sp³-hybridized carbons (Fsp3) is 0.400. The Morgan fingerprint density at radius 2 is 1.85 bits per heavy atom. The van der Waals surface area contributed by atoms with E-state index < -0.39 is 35.2 Å². The van der Waals surface area contributed by atoms with E-state index in [1.54, 1.807) is 18.2 Å². The highest BCUT2D eigenvalue weighted by molar-refractivity contribution is 6.40. The molecule has 0 spiro atoms. The normalized spacial score (nSPS) is 18.1. The molecular formula is C30H31ClF3N3O3. The number of urea groups is 1. The van der Waals surface area contributed by atoms with Crippen molar-refractivity contribution in [1.29, 1.82) is 5.41 Å². The second-order valence-corrected chi connectivity index (χ2v) is 11.2. The number of aliphatic imine (C=N–C) groups is 1. The number of nitrogens with one attached hydrogen (secondary N) is 2. The standard InChI is InChI=1S/C30H31ClF3N3O3/c1-17-14-25(20-8-10-21(11-9-20)40-16-19-4-5-19)36-28(39)37-26(17)22-15-18(6-12-23(22)31)7-13-24(35)27(38)29(2,3)30(32,33)34/h6,8-12,15,19,26,35H,1,4-5,7,13-14,16H2,2-3H3,(H,37,39). The van der Waals surface area contributed by atoms with Crippen LogP contribution in [0.15, 0.2) is 59.6 Å². The number of carbonyl (C=O) groups excluding carboxylic acids is 2. The molecule has 2 aliphatic rings. The van der Waals surface area contributed by atoms with E-state index in [2.05, 4.69) is 16.9 Å². The van der Waals surface area contributed by atoms with Gasteiger partial charge in [0.2, 0.25) is 0 Å². The van der Waals surface area contributed by atoms with Gasteiger partial charge in [-0.1, -0.05) is 30.3 Å². The number of hydrogen-bond acceptors (Lipinski definition) is 4. The van der Waals surface area contributed by atoms with Gasteiger partial charge in [0, 0.05) is 11.4 Å². The van der Waals surface area contributed by atoms with Gasteiger partial charge in [0.25, 0.3) is 0 Å². The zero-order valence-corrected chi connectivity index (χ0v) is 23.1. The molecule has 1 aliphatic carbocycles. The molecule has 1 saturated carbocycles. The Kier molecular flexibility index (Phi) is 8.54. The molecule has 1 atom stereocenters. The number of carbonyl (C=O) groups is 2. The van der Waals surface area contributed by atoms with Crippen molar-refractivity contribution in [3.8, 4) is 5.75 Å². The lowest BCUT2D eigenvalue weighted by Gasteiger charge is -2.26. The number of aryl methyl sites for hydroxylation is 1. The van der Waals surface area contributed by atoms with Gasteiger partial charge < -0.3 is 15.5 Å². The Morgan fingerprint density at radius 1 is 1.18 bits per heavy atom. The number of ether oxygens (including phenoxy) is 1. The molecule has 0 saturated heterocycles. The zero-order valence-electron chi connectivity index (χ0n) is 22.3. The lowest BCUT2D eigenvalue weighted by molar-refractivity contribution is -0.206. The first-order chi connectivity index (χ1) is 18.8. The van der Waals surface area contributed by atoms with Gasteiger partial charge >= 0.3 is 12.2 Å². The molecule has 6 nitrogen and oxygen atoms in total. The average Bonchev–Trinajstić information content (AvgIpc) is 3.74. The number of amides is 2. The molecule has 2 N–H and O–H groups in total. The maximum absolute atomic E-state index is 13.2. The molecular weight excluding hydrogens is 543 g/mol. The minimum atomic E-state index is -4.76. The van der Waals surface area contributed by atoms with Crippen molar-refractivity contribution in [2.24, 2.45) is 16.3 Å². The van der Waals surface area contributed by atoms with Gasteiger partial charge in [0.1, 0.15) is 11.2 Å². The van der Waals surface area contributed by atoms with Gasteiger partial charge in [-0.2, -0.15) is 18.2 Å². The van der Waals surface area contributed by atoms with E-state index in [9.17, 15) is 22.8 Å². The summed E-state index contributed by atoms with van der Waals surface area (Å²) in [6.45, 7) is 6.42. The summed E-state index contributed by atoms with van der Waals surface area (Å²) in [6.07, 6.45) is -2.09. The molecule has 0 aromatic heterocycles. The number of rotatable bonds is 10. The number of halogens is 4. The molecule has 2 amide bonds. The van der Waals surface area contributed by atoms with Crippen LogP contribution in [0.5, 0.6) is 5.75 Å². The first kappa shape index (κ1) is 29.5. The van der Waals surface area contributed by atoms with Crippen LogP contribution >= 0.6 is 11.6 Å². The van der Waals surface area contributed by atoms with Gasteiger partial charge in [-0.15, -0.1) is 0 Å². The number of ketones is 1. The summed E-state index contributed by atoms with van der Waals surface area (Å²) >= 11 is 6.48. The minimum Gasteiger partial charge on any atom is -0.493 e. The van der Waals surface area contributed by atoms with Gasteiger partial charge in [0.15, 0.2) is 5.78 Å². The number of nitrogens with zero attached hydrogens (tertiary/aromatic N) is 1. The molecule has 40 heavy (non-hydrogen) atoms. The zero-order chi connectivity index (χ0) is 29.2. The third-order valence-corrected chi connectivity index (χ3v) is 7.61. The van der Waals surface area contributed by atoms with E-state index in [0.717, 1.165) is 25.2 Å². The number of benzene rings is 2. The Bertz CT molecular complexity index is 1360. The molecule has 10 heteroatoms. The molecule has 1 fully saturated rings. The van der Waals surface area contributed by atoms with Crippen LogP contribution in [0.3, 0.4) is 0 Å². The molecule has 1 aliphatic heterocycles. The SMILES string of the molecule is C=C1CC(c2ccc(OCC3CC3)cc2)=NC(=O)NC1c1cc(CCC(=N)C(=O)C(C)(C)C(F)(F)F)ccc1Cl. The molecule has 1 heterocycles. The monoisotopic (exact) mass is 573 g/mol. The molecule has 4 rings (SSSR count). The van der Waals surface area contributed by atoms with E-state index in [-0.39, 0.29) is 12.8 Å². The largest absolute Gasteiger partial charge is 0.493 e. The van der Waals surface area contributed by atoms with E-state index in [1.807, 2.05) is 24.3 Å². The van der Waals surface area contributed by atoms with Gasteiger partial charge in [-0.05, 0) is 98.0 Å². The van der Waals surface area contributed by atoms with Gasteiger partial charge in [-0.25, -0.2) is 4.79 Å². The molecule has 212 valence electrons. The minimum absolute atomic E-state index is 0.146. The van der Waals surface area contributed by atoms with Gasteiger partial charge in [0.05, 0.1) is 24.1 Å². The fourth-order valence-corrected chi connectivity index (χ4v) is 4.53. The van der Waals surface area contributed by atoms with Crippen LogP contribution in [0, 0.1) is 16.7 Å². The summed E-state index contributed by atoms with van der Waals surface area (Å²) in [5.74, 6) is 0.133. The van der Waals surface area contributed by atoms with Gasteiger partial charge in [-0.3, -0.25) is 4.79 Å². The smallest absolute Gasteiger partial charge is 0.401 e. The summed E-state index contributed by atoms with van der Waals surface area (Å²) in [5.41, 5.74) is -0.0900. The van der Waals surface area contributed by atoms with Crippen LogP contribution in [0.25, 0.3) is 0 Å². The maximum Gasteiger partial charge on any atom is 0.401 e. The highest BCUT2D eigenvalue weighted by Gasteiger charge is 2.53. The predicted molar refractivity (Wildman–Crippen MR) is 149 cm³/mol. The summed E-state index contributed by atoms with van der Waals surface area (Å²) < 4.78 is 45.5. The fourth-order valence-electron chi connectivity index (χ4n) is 4.30. The van der Waals surface area contributed by atoms with Crippen LogP contribution in [0.1, 0.15) is 62.3 Å². The van der Waals surface area contributed by atoms with Crippen LogP contribution in [-0.4, -0.2) is 36.0 Å². The highest BCUT2D eigenvalue weighted by Crippen LogP contribution is 2.39. The van der Waals surface area contributed by atoms with Crippen molar-refractivity contribution in [2.75, 3.05) is 6.61 Å². The predicted octanol–water partition coefficient (Wildman–Crippen LogP) is 7.44. The highest BCUT2D eigenvalue weighted by atomic mass is 35.5. The van der Waals surface area contributed by atoms with E-state index in [0.29, 0.717) is 46.4 Å². The Morgan fingerprint density at radius 3 is 2.48 bits per heavy atom. The van der Waals surface area contributed by atoms with Crippen LogP contribution in [0.2, 0.25) is 5.02 Å². The van der Waals surface area contributed by atoms with E-state index >= 15 is 0 Å². The second-order valence-electron chi connectivity index (χ2n) is 10.8. The molecule has 0 bridgehead atoms. The van der Waals surface area contributed by atoms with E-state index in [1.165, 1.54) is 12.8 Å². The average molecular weight is 574 g/mol. The van der Waals surface area contributed by atoms with Crippen molar-refractivity contribution in [2.45, 2.75) is 58.2 Å². The molecule has 1 unspecified atom stereocenters.